The van der Waals surface area contributed by atoms with Gasteiger partial charge in [-0.15, -0.1) is 0 Å². The van der Waals surface area contributed by atoms with Gasteiger partial charge in [0.1, 0.15) is 5.75 Å². The van der Waals surface area contributed by atoms with E-state index < -0.39 is 0 Å². The minimum atomic E-state index is 0.786. The molecule has 0 aromatic heterocycles. The lowest BCUT2D eigenvalue weighted by Crippen LogP contribution is -2.15. The van der Waals surface area contributed by atoms with Gasteiger partial charge in [-0.3, -0.25) is 0 Å². The molecule has 0 bridgehead atoms. The van der Waals surface area contributed by atoms with E-state index in [-0.39, 0.29) is 0 Å². The Kier molecular flexibility index (Phi) is 5.22. The van der Waals surface area contributed by atoms with Gasteiger partial charge in [0.05, 0.1) is 6.61 Å². The van der Waals surface area contributed by atoms with Gasteiger partial charge in [0.15, 0.2) is 0 Å². The Labute approximate surface area is 130 Å². The Morgan fingerprint density at radius 2 is 1.52 bits per heavy atom. The second kappa shape index (κ2) is 7.33. The van der Waals surface area contributed by atoms with Crippen LogP contribution in [0.4, 0.5) is 0 Å². The summed E-state index contributed by atoms with van der Waals surface area (Å²) in [4.78, 5) is 0. The zero-order valence-corrected chi connectivity index (χ0v) is 13.5. The van der Waals surface area contributed by atoms with Gasteiger partial charge in [0.2, 0.25) is 0 Å². The van der Waals surface area contributed by atoms with Crippen molar-refractivity contribution in [3.63, 3.8) is 0 Å². The van der Waals surface area contributed by atoms with Crippen LogP contribution in [0.1, 0.15) is 76.2 Å². The highest BCUT2D eigenvalue weighted by Crippen LogP contribution is 2.36. The molecule has 0 radical (unpaired) electrons. The van der Waals surface area contributed by atoms with Crippen LogP contribution in [0.2, 0.25) is 0 Å². The number of hydrogen-bond acceptors (Lipinski definition) is 1. The van der Waals surface area contributed by atoms with E-state index in [1.54, 1.807) is 0 Å². The van der Waals surface area contributed by atoms with Crippen molar-refractivity contribution in [2.45, 2.75) is 70.6 Å². The normalized spacial score (nSPS) is 27.5. The molecule has 2 fully saturated rings. The standard InChI is InChI=1S/C20H30O/c1-16-7-9-18(10-8-16)19-11-13-20(14-12-19)21-15-17-5-3-2-4-6-17/h11-14,16-18H,2-10,15H2,1H3. The third-order valence-corrected chi connectivity index (χ3v) is 5.58. The Bertz CT molecular complexity index is 408. The maximum absolute atomic E-state index is 6.00. The molecule has 0 aliphatic heterocycles. The fourth-order valence-corrected chi connectivity index (χ4v) is 4.00. The second-order valence-electron chi connectivity index (χ2n) is 7.34. The second-order valence-corrected chi connectivity index (χ2v) is 7.34. The molecule has 2 aliphatic rings. The molecule has 0 saturated heterocycles. The molecule has 1 aromatic carbocycles. The van der Waals surface area contributed by atoms with Crippen molar-refractivity contribution in [3.05, 3.63) is 29.8 Å². The van der Waals surface area contributed by atoms with E-state index in [4.69, 9.17) is 4.74 Å². The summed E-state index contributed by atoms with van der Waals surface area (Å²) in [6.07, 6.45) is 12.4. The molecule has 0 heterocycles. The van der Waals surface area contributed by atoms with E-state index in [2.05, 4.69) is 31.2 Å². The minimum absolute atomic E-state index is 0.786. The molecule has 1 heteroatoms. The SMILES string of the molecule is CC1CCC(c2ccc(OCC3CCCCC3)cc2)CC1. The molecule has 2 aliphatic carbocycles. The zero-order valence-electron chi connectivity index (χ0n) is 13.5. The topological polar surface area (TPSA) is 9.23 Å². The van der Waals surface area contributed by atoms with Gasteiger partial charge >= 0.3 is 0 Å². The van der Waals surface area contributed by atoms with Crippen molar-refractivity contribution >= 4 is 0 Å². The molecule has 0 spiro atoms. The van der Waals surface area contributed by atoms with E-state index >= 15 is 0 Å². The van der Waals surface area contributed by atoms with Crippen molar-refractivity contribution in [2.75, 3.05) is 6.61 Å². The number of benzene rings is 1. The number of hydrogen-bond donors (Lipinski definition) is 0. The Hall–Kier alpha value is -0.980. The molecule has 21 heavy (non-hydrogen) atoms. The lowest BCUT2D eigenvalue weighted by Gasteiger charge is -2.26. The van der Waals surface area contributed by atoms with E-state index in [1.807, 2.05) is 0 Å². The molecular weight excluding hydrogens is 256 g/mol. The highest BCUT2D eigenvalue weighted by atomic mass is 16.5. The average Bonchev–Trinajstić information content (AvgIpc) is 2.55. The first-order chi connectivity index (χ1) is 10.3. The summed E-state index contributed by atoms with van der Waals surface area (Å²) >= 11 is 0. The molecule has 2 saturated carbocycles. The van der Waals surface area contributed by atoms with Crippen LogP contribution >= 0.6 is 0 Å². The largest absolute Gasteiger partial charge is 0.493 e. The summed E-state index contributed by atoms with van der Waals surface area (Å²) in [6.45, 7) is 3.30. The first-order valence-corrected chi connectivity index (χ1v) is 9.04. The summed E-state index contributed by atoms with van der Waals surface area (Å²) in [5, 5.41) is 0. The third kappa shape index (κ3) is 4.25. The van der Waals surface area contributed by atoms with Gasteiger partial charge in [-0.1, -0.05) is 51.2 Å². The minimum Gasteiger partial charge on any atom is -0.493 e. The van der Waals surface area contributed by atoms with E-state index in [9.17, 15) is 0 Å². The molecule has 1 nitrogen and oxygen atoms in total. The van der Waals surface area contributed by atoms with Crippen molar-refractivity contribution in [1.82, 2.24) is 0 Å². The van der Waals surface area contributed by atoms with Gasteiger partial charge in [-0.2, -0.15) is 0 Å². The molecule has 0 unspecified atom stereocenters. The predicted molar refractivity (Wildman–Crippen MR) is 88.9 cm³/mol. The molecule has 116 valence electrons. The third-order valence-electron chi connectivity index (χ3n) is 5.58. The zero-order chi connectivity index (χ0) is 14.5. The van der Waals surface area contributed by atoms with Crippen molar-refractivity contribution in [1.29, 1.82) is 0 Å². The molecule has 0 N–H and O–H groups in total. The monoisotopic (exact) mass is 286 g/mol. The van der Waals surface area contributed by atoms with E-state index in [0.29, 0.717) is 0 Å². The van der Waals surface area contributed by atoms with Crippen LogP contribution in [0.25, 0.3) is 0 Å². The fourth-order valence-electron chi connectivity index (χ4n) is 4.00. The van der Waals surface area contributed by atoms with Crippen LogP contribution in [-0.4, -0.2) is 6.61 Å². The van der Waals surface area contributed by atoms with Crippen LogP contribution in [0.3, 0.4) is 0 Å². The highest BCUT2D eigenvalue weighted by Gasteiger charge is 2.19. The lowest BCUT2D eigenvalue weighted by molar-refractivity contribution is 0.209. The quantitative estimate of drug-likeness (QED) is 0.665. The molecule has 0 amide bonds. The average molecular weight is 286 g/mol. The fraction of sp³-hybridized carbons (Fsp3) is 0.700. The Morgan fingerprint density at radius 1 is 0.857 bits per heavy atom. The van der Waals surface area contributed by atoms with Crippen LogP contribution in [-0.2, 0) is 0 Å². The van der Waals surface area contributed by atoms with Crippen LogP contribution in [0.5, 0.6) is 5.75 Å². The number of rotatable bonds is 4. The van der Waals surface area contributed by atoms with Crippen molar-refractivity contribution in [2.24, 2.45) is 11.8 Å². The van der Waals surface area contributed by atoms with Gasteiger partial charge in [-0.25, -0.2) is 0 Å². The maximum Gasteiger partial charge on any atom is 0.119 e. The Balaban J connectivity index is 1.49. The van der Waals surface area contributed by atoms with Crippen LogP contribution in [0, 0.1) is 11.8 Å². The summed E-state index contributed by atoms with van der Waals surface area (Å²) in [6, 6.07) is 8.99. The molecule has 0 atom stereocenters. The smallest absolute Gasteiger partial charge is 0.119 e. The summed E-state index contributed by atoms with van der Waals surface area (Å²) in [5.74, 6) is 3.57. The van der Waals surface area contributed by atoms with Crippen LogP contribution < -0.4 is 4.74 Å². The van der Waals surface area contributed by atoms with Crippen molar-refractivity contribution in [3.8, 4) is 5.75 Å². The molecular formula is C20H30O. The summed E-state index contributed by atoms with van der Waals surface area (Å²) in [7, 11) is 0. The number of ether oxygens (including phenoxy) is 1. The Morgan fingerprint density at radius 3 is 2.19 bits per heavy atom. The van der Waals surface area contributed by atoms with E-state index in [1.165, 1.54) is 63.4 Å². The highest BCUT2D eigenvalue weighted by molar-refractivity contribution is 5.29. The molecule has 3 rings (SSSR count). The predicted octanol–water partition coefficient (Wildman–Crippen LogP) is 5.94. The van der Waals surface area contributed by atoms with Crippen LogP contribution in [0.15, 0.2) is 24.3 Å². The van der Waals surface area contributed by atoms with Gasteiger partial charge in [-0.05, 0) is 61.1 Å². The molecule has 1 aromatic rings. The van der Waals surface area contributed by atoms with Gasteiger partial charge < -0.3 is 4.74 Å². The first kappa shape index (κ1) is 14.9. The van der Waals surface area contributed by atoms with Gasteiger partial charge in [0.25, 0.3) is 0 Å². The summed E-state index contributed by atoms with van der Waals surface area (Å²) < 4.78 is 6.00. The maximum atomic E-state index is 6.00. The van der Waals surface area contributed by atoms with Crippen molar-refractivity contribution < 1.29 is 4.74 Å². The summed E-state index contributed by atoms with van der Waals surface area (Å²) in [5.41, 5.74) is 1.52. The lowest BCUT2D eigenvalue weighted by atomic mass is 9.79. The van der Waals surface area contributed by atoms with Gasteiger partial charge in [0, 0.05) is 0 Å². The first-order valence-electron chi connectivity index (χ1n) is 9.04. The van der Waals surface area contributed by atoms with E-state index in [0.717, 1.165) is 30.1 Å².